The van der Waals surface area contributed by atoms with E-state index in [1.54, 1.807) is 36.5 Å². The molecule has 122 valence electrons. The van der Waals surface area contributed by atoms with Crippen molar-refractivity contribution in [3.8, 4) is 11.6 Å². The van der Waals surface area contributed by atoms with E-state index >= 15 is 0 Å². The topological polar surface area (TPSA) is 91.9 Å². The standard InChI is InChI=1S/C17H17N5O2/c1-11-9-16(22-21-11)20-14-7-8-18-17(10-14)24-15-5-3-13(4-6-15)19-12(2)23/h3-10H,1-2H3,(H,19,23)(H2,18,20,21,22). The normalized spacial score (nSPS) is 10.2. The molecule has 0 bridgehead atoms. The first-order valence-electron chi connectivity index (χ1n) is 7.39. The first-order chi connectivity index (χ1) is 11.6. The zero-order valence-corrected chi connectivity index (χ0v) is 13.3. The summed E-state index contributed by atoms with van der Waals surface area (Å²) in [6.45, 7) is 3.40. The van der Waals surface area contributed by atoms with Crippen LogP contribution >= 0.6 is 0 Å². The van der Waals surface area contributed by atoms with Gasteiger partial charge in [-0.3, -0.25) is 9.89 Å². The Morgan fingerprint density at radius 3 is 2.58 bits per heavy atom. The summed E-state index contributed by atoms with van der Waals surface area (Å²) in [6, 6.07) is 12.6. The molecule has 24 heavy (non-hydrogen) atoms. The van der Waals surface area contributed by atoms with Crippen LogP contribution in [0.15, 0.2) is 48.7 Å². The molecule has 1 aromatic carbocycles. The van der Waals surface area contributed by atoms with E-state index in [-0.39, 0.29) is 5.91 Å². The minimum atomic E-state index is -0.113. The first-order valence-corrected chi connectivity index (χ1v) is 7.39. The van der Waals surface area contributed by atoms with Gasteiger partial charge in [0.15, 0.2) is 5.82 Å². The fourth-order valence-corrected chi connectivity index (χ4v) is 2.10. The molecule has 0 saturated carbocycles. The Bertz CT molecular complexity index is 842. The van der Waals surface area contributed by atoms with Gasteiger partial charge in [-0.05, 0) is 37.3 Å². The number of nitrogens with one attached hydrogen (secondary N) is 3. The van der Waals surface area contributed by atoms with Crippen LogP contribution in [0, 0.1) is 6.92 Å². The quantitative estimate of drug-likeness (QED) is 0.667. The molecule has 1 amide bonds. The lowest BCUT2D eigenvalue weighted by Gasteiger charge is -2.08. The number of carbonyl (C=O) groups excluding carboxylic acids is 1. The molecule has 0 aliphatic rings. The summed E-state index contributed by atoms with van der Waals surface area (Å²) < 4.78 is 5.73. The maximum atomic E-state index is 11.0. The van der Waals surface area contributed by atoms with Gasteiger partial charge in [0.2, 0.25) is 11.8 Å². The van der Waals surface area contributed by atoms with Crippen molar-refractivity contribution in [2.45, 2.75) is 13.8 Å². The van der Waals surface area contributed by atoms with Crippen molar-refractivity contribution < 1.29 is 9.53 Å². The van der Waals surface area contributed by atoms with E-state index in [2.05, 4.69) is 25.8 Å². The molecule has 0 atom stereocenters. The monoisotopic (exact) mass is 323 g/mol. The van der Waals surface area contributed by atoms with E-state index in [0.717, 1.165) is 17.2 Å². The molecule has 3 rings (SSSR count). The second kappa shape index (κ2) is 6.82. The molecule has 0 aliphatic heterocycles. The number of hydrogen-bond acceptors (Lipinski definition) is 5. The molecule has 2 heterocycles. The molecule has 0 unspecified atom stereocenters. The highest BCUT2D eigenvalue weighted by Gasteiger charge is 2.03. The number of aromatic nitrogens is 3. The smallest absolute Gasteiger partial charge is 0.221 e. The van der Waals surface area contributed by atoms with Crippen LogP contribution in [0.25, 0.3) is 0 Å². The number of nitrogens with zero attached hydrogens (tertiary/aromatic N) is 2. The van der Waals surface area contributed by atoms with Gasteiger partial charge in [0, 0.05) is 42.3 Å². The Kier molecular flexibility index (Phi) is 4.42. The van der Waals surface area contributed by atoms with Crippen LogP contribution < -0.4 is 15.4 Å². The maximum Gasteiger partial charge on any atom is 0.221 e. The third kappa shape index (κ3) is 4.10. The third-order valence-corrected chi connectivity index (χ3v) is 3.11. The van der Waals surface area contributed by atoms with Gasteiger partial charge < -0.3 is 15.4 Å². The van der Waals surface area contributed by atoms with Gasteiger partial charge in [-0.25, -0.2) is 4.98 Å². The van der Waals surface area contributed by atoms with E-state index in [1.807, 2.05) is 19.1 Å². The summed E-state index contributed by atoms with van der Waals surface area (Å²) >= 11 is 0. The van der Waals surface area contributed by atoms with Crippen molar-refractivity contribution in [2.24, 2.45) is 0 Å². The van der Waals surface area contributed by atoms with Gasteiger partial charge in [-0.15, -0.1) is 0 Å². The van der Waals surface area contributed by atoms with Crippen LogP contribution in [0.4, 0.5) is 17.2 Å². The third-order valence-electron chi connectivity index (χ3n) is 3.11. The highest BCUT2D eigenvalue weighted by atomic mass is 16.5. The predicted molar refractivity (Wildman–Crippen MR) is 91.7 cm³/mol. The van der Waals surface area contributed by atoms with Crippen LogP contribution in [0.1, 0.15) is 12.6 Å². The van der Waals surface area contributed by atoms with Crippen LogP contribution in [0.5, 0.6) is 11.6 Å². The zero-order chi connectivity index (χ0) is 16.9. The minimum Gasteiger partial charge on any atom is -0.439 e. The van der Waals surface area contributed by atoms with Crippen molar-refractivity contribution >= 4 is 23.1 Å². The number of anilines is 3. The highest BCUT2D eigenvalue weighted by molar-refractivity contribution is 5.88. The van der Waals surface area contributed by atoms with Crippen molar-refractivity contribution in [3.05, 3.63) is 54.4 Å². The number of aromatic amines is 1. The number of amides is 1. The number of aryl methyl sites for hydroxylation is 1. The Morgan fingerprint density at radius 1 is 1.12 bits per heavy atom. The maximum absolute atomic E-state index is 11.0. The van der Waals surface area contributed by atoms with Crippen LogP contribution in [-0.4, -0.2) is 21.1 Å². The second-order valence-corrected chi connectivity index (χ2v) is 5.25. The zero-order valence-electron chi connectivity index (χ0n) is 13.3. The van der Waals surface area contributed by atoms with E-state index in [0.29, 0.717) is 17.3 Å². The number of H-pyrrole nitrogens is 1. The average molecular weight is 323 g/mol. The van der Waals surface area contributed by atoms with Gasteiger partial charge in [0.25, 0.3) is 0 Å². The summed E-state index contributed by atoms with van der Waals surface area (Å²) in [5.74, 6) is 1.70. The fourth-order valence-electron chi connectivity index (χ4n) is 2.10. The fraction of sp³-hybridized carbons (Fsp3) is 0.118. The molecule has 3 aromatic rings. The molecule has 0 spiro atoms. The SMILES string of the molecule is CC(=O)Nc1ccc(Oc2cc(Nc3cc(C)[nH]n3)ccn2)cc1. The van der Waals surface area contributed by atoms with Gasteiger partial charge in [0.05, 0.1) is 0 Å². The molecule has 3 N–H and O–H groups in total. The molecular weight excluding hydrogens is 306 g/mol. The van der Waals surface area contributed by atoms with Crippen molar-refractivity contribution in [1.82, 2.24) is 15.2 Å². The molecular formula is C17H17N5O2. The van der Waals surface area contributed by atoms with E-state index in [4.69, 9.17) is 4.74 Å². The molecule has 0 aliphatic carbocycles. The summed E-state index contributed by atoms with van der Waals surface area (Å²) in [7, 11) is 0. The van der Waals surface area contributed by atoms with Gasteiger partial charge in [-0.1, -0.05) is 0 Å². The lowest BCUT2D eigenvalue weighted by molar-refractivity contribution is -0.114. The highest BCUT2D eigenvalue weighted by Crippen LogP contribution is 2.24. The van der Waals surface area contributed by atoms with Crippen molar-refractivity contribution in [1.29, 1.82) is 0 Å². The van der Waals surface area contributed by atoms with E-state index in [9.17, 15) is 4.79 Å². The minimum absolute atomic E-state index is 0.113. The van der Waals surface area contributed by atoms with Crippen LogP contribution in [-0.2, 0) is 4.79 Å². The molecule has 7 heteroatoms. The predicted octanol–water partition coefficient (Wildman–Crippen LogP) is 3.61. The van der Waals surface area contributed by atoms with Crippen LogP contribution in [0.3, 0.4) is 0 Å². The van der Waals surface area contributed by atoms with Gasteiger partial charge in [0.1, 0.15) is 5.75 Å². The number of benzene rings is 1. The van der Waals surface area contributed by atoms with Gasteiger partial charge in [-0.2, -0.15) is 5.10 Å². The number of pyridine rings is 1. The summed E-state index contributed by atoms with van der Waals surface area (Å²) in [5.41, 5.74) is 2.51. The number of carbonyl (C=O) groups is 1. The Hall–Kier alpha value is -3.35. The Labute approximate surface area is 139 Å². The molecule has 2 aromatic heterocycles. The summed E-state index contributed by atoms with van der Waals surface area (Å²) in [6.07, 6.45) is 1.66. The average Bonchev–Trinajstić information content (AvgIpc) is 2.94. The van der Waals surface area contributed by atoms with E-state index in [1.165, 1.54) is 6.92 Å². The first kappa shape index (κ1) is 15.5. The Balaban J connectivity index is 1.69. The number of hydrogen-bond donors (Lipinski definition) is 3. The van der Waals surface area contributed by atoms with Crippen LogP contribution in [0.2, 0.25) is 0 Å². The summed E-state index contributed by atoms with van der Waals surface area (Å²) in [4.78, 5) is 15.2. The molecule has 0 fully saturated rings. The number of ether oxygens (including phenoxy) is 1. The van der Waals surface area contributed by atoms with Crippen molar-refractivity contribution in [2.75, 3.05) is 10.6 Å². The molecule has 0 radical (unpaired) electrons. The second-order valence-electron chi connectivity index (χ2n) is 5.25. The summed E-state index contributed by atoms with van der Waals surface area (Å²) in [5, 5.41) is 12.9. The molecule has 7 nitrogen and oxygen atoms in total. The lowest BCUT2D eigenvalue weighted by Crippen LogP contribution is -2.05. The Morgan fingerprint density at radius 2 is 1.92 bits per heavy atom. The largest absolute Gasteiger partial charge is 0.439 e. The lowest BCUT2D eigenvalue weighted by atomic mass is 10.3. The van der Waals surface area contributed by atoms with Gasteiger partial charge >= 0.3 is 0 Å². The number of rotatable bonds is 5. The molecule has 0 saturated heterocycles. The van der Waals surface area contributed by atoms with E-state index < -0.39 is 0 Å². The van der Waals surface area contributed by atoms with Crippen molar-refractivity contribution in [3.63, 3.8) is 0 Å².